The lowest BCUT2D eigenvalue weighted by atomic mass is 10.0. The number of hydrogen-bond acceptors (Lipinski definition) is 5. The number of aliphatic carboxylic acids is 1. The van der Waals surface area contributed by atoms with Gasteiger partial charge in [0.05, 0.1) is 19.6 Å². The number of unbranched alkanes of at least 4 members (excludes halogenated alkanes) is 2. The van der Waals surface area contributed by atoms with E-state index >= 15 is 0 Å². The Labute approximate surface area is 154 Å². The van der Waals surface area contributed by atoms with Gasteiger partial charge in [0.15, 0.2) is 0 Å². The molecule has 0 unspecified atom stereocenters. The summed E-state index contributed by atoms with van der Waals surface area (Å²) in [5.41, 5.74) is 0.869. The molecule has 0 heterocycles. The van der Waals surface area contributed by atoms with E-state index in [0.717, 1.165) is 24.8 Å². The van der Waals surface area contributed by atoms with Gasteiger partial charge in [0.1, 0.15) is 6.04 Å². The summed E-state index contributed by atoms with van der Waals surface area (Å²) in [5.74, 6) is -2.16. The molecule has 0 spiro atoms. The van der Waals surface area contributed by atoms with Gasteiger partial charge >= 0.3 is 11.9 Å². The van der Waals surface area contributed by atoms with E-state index in [1.165, 1.54) is 7.11 Å². The molecule has 0 radical (unpaired) electrons. The minimum absolute atomic E-state index is 0.273. The third kappa shape index (κ3) is 8.11. The fraction of sp³-hybridized carbons (Fsp3) is 0.526. The van der Waals surface area contributed by atoms with Gasteiger partial charge in [-0.25, -0.2) is 4.79 Å². The SMILES string of the molecule is CCCCCN[C@@H](CC(=O)O)C(=O)N[C@@H](Cc1ccccc1)C(=O)OC. The molecule has 144 valence electrons. The van der Waals surface area contributed by atoms with E-state index in [2.05, 4.69) is 17.6 Å². The highest BCUT2D eigenvalue weighted by molar-refractivity contribution is 5.90. The van der Waals surface area contributed by atoms with Gasteiger partial charge < -0.3 is 20.5 Å². The molecule has 1 aromatic rings. The van der Waals surface area contributed by atoms with Crippen LogP contribution in [0.4, 0.5) is 0 Å². The maximum absolute atomic E-state index is 12.5. The van der Waals surface area contributed by atoms with Gasteiger partial charge in [-0.05, 0) is 18.5 Å². The molecule has 0 saturated carbocycles. The van der Waals surface area contributed by atoms with Crippen molar-refractivity contribution in [3.05, 3.63) is 35.9 Å². The fourth-order valence-electron chi connectivity index (χ4n) is 2.54. The van der Waals surface area contributed by atoms with Gasteiger partial charge in [-0.3, -0.25) is 9.59 Å². The summed E-state index contributed by atoms with van der Waals surface area (Å²) in [5, 5.41) is 14.6. The Kier molecular flexibility index (Phi) is 10.0. The van der Waals surface area contributed by atoms with Crippen LogP contribution in [0.3, 0.4) is 0 Å². The number of carbonyl (C=O) groups is 3. The average molecular weight is 364 g/mol. The fourth-order valence-corrected chi connectivity index (χ4v) is 2.54. The first-order chi connectivity index (χ1) is 12.5. The van der Waals surface area contributed by atoms with E-state index < -0.39 is 29.9 Å². The van der Waals surface area contributed by atoms with Crippen LogP contribution in [0.5, 0.6) is 0 Å². The van der Waals surface area contributed by atoms with Crippen LogP contribution < -0.4 is 10.6 Å². The molecule has 0 aliphatic rings. The second-order valence-corrected chi connectivity index (χ2v) is 6.09. The minimum Gasteiger partial charge on any atom is -0.481 e. The topological polar surface area (TPSA) is 105 Å². The van der Waals surface area contributed by atoms with Gasteiger partial charge in [0.25, 0.3) is 0 Å². The van der Waals surface area contributed by atoms with E-state index in [0.29, 0.717) is 6.54 Å². The number of carboxylic acids is 1. The van der Waals surface area contributed by atoms with Crippen LogP contribution in [-0.4, -0.2) is 48.7 Å². The molecule has 2 atom stereocenters. The third-order valence-corrected chi connectivity index (χ3v) is 3.95. The minimum atomic E-state index is -1.08. The highest BCUT2D eigenvalue weighted by atomic mass is 16.5. The summed E-state index contributed by atoms with van der Waals surface area (Å²) in [6, 6.07) is 7.47. The highest BCUT2D eigenvalue weighted by Gasteiger charge is 2.27. The van der Waals surface area contributed by atoms with Crippen LogP contribution in [0, 0.1) is 0 Å². The van der Waals surface area contributed by atoms with E-state index in [1.54, 1.807) is 0 Å². The Hall–Kier alpha value is -2.41. The number of methoxy groups -OCH3 is 1. The van der Waals surface area contributed by atoms with Crippen LogP contribution in [0.15, 0.2) is 30.3 Å². The summed E-state index contributed by atoms with van der Waals surface area (Å²) in [4.78, 5) is 35.6. The third-order valence-electron chi connectivity index (χ3n) is 3.95. The number of carbonyl (C=O) groups excluding carboxylic acids is 2. The number of carboxylic acid groups (broad SMARTS) is 1. The second kappa shape index (κ2) is 12.0. The molecular formula is C19H28N2O5. The molecule has 0 fully saturated rings. The van der Waals surface area contributed by atoms with Gasteiger partial charge in [0.2, 0.25) is 5.91 Å². The number of hydrogen-bond donors (Lipinski definition) is 3. The molecule has 0 aliphatic carbocycles. The first-order valence-corrected chi connectivity index (χ1v) is 8.85. The predicted molar refractivity (Wildman–Crippen MR) is 97.7 cm³/mol. The maximum atomic E-state index is 12.5. The standard InChI is InChI=1S/C19H28N2O5/c1-3-4-8-11-20-15(13-17(22)23)18(24)21-16(19(25)26-2)12-14-9-6-5-7-10-14/h5-7,9-10,15-16,20H,3-4,8,11-13H2,1-2H3,(H,21,24)(H,22,23)/t15-,16-/m0/s1. The smallest absolute Gasteiger partial charge is 0.328 e. The average Bonchev–Trinajstić information content (AvgIpc) is 2.63. The van der Waals surface area contributed by atoms with Gasteiger partial charge in [-0.15, -0.1) is 0 Å². The number of nitrogens with one attached hydrogen (secondary N) is 2. The molecule has 1 amide bonds. The molecule has 0 aromatic heterocycles. The second-order valence-electron chi connectivity index (χ2n) is 6.09. The molecule has 1 aromatic carbocycles. The highest BCUT2D eigenvalue weighted by Crippen LogP contribution is 2.06. The van der Waals surface area contributed by atoms with Crippen molar-refractivity contribution in [1.82, 2.24) is 10.6 Å². The number of esters is 1. The Bertz CT molecular complexity index is 577. The molecule has 0 aliphatic heterocycles. The quantitative estimate of drug-likeness (QED) is 0.384. The van der Waals surface area contributed by atoms with Crippen molar-refractivity contribution in [2.45, 2.75) is 51.1 Å². The Morgan fingerprint density at radius 3 is 2.38 bits per heavy atom. The first-order valence-electron chi connectivity index (χ1n) is 8.85. The van der Waals surface area contributed by atoms with E-state index in [9.17, 15) is 14.4 Å². The Balaban J connectivity index is 2.75. The van der Waals surface area contributed by atoms with Gasteiger partial charge in [0, 0.05) is 6.42 Å². The van der Waals surface area contributed by atoms with Crippen molar-refractivity contribution in [2.75, 3.05) is 13.7 Å². The summed E-state index contributed by atoms with van der Waals surface area (Å²) in [6.45, 7) is 2.60. The number of amides is 1. The molecule has 0 saturated heterocycles. The molecule has 0 bridgehead atoms. The normalized spacial score (nSPS) is 12.8. The lowest BCUT2D eigenvalue weighted by Crippen LogP contribution is -2.52. The molecule has 26 heavy (non-hydrogen) atoms. The molecule has 7 heteroatoms. The van der Waals surface area contributed by atoms with Crippen molar-refractivity contribution in [2.24, 2.45) is 0 Å². The summed E-state index contributed by atoms with van der Waals surface area (Å²) in [6.07, 6.45) is 2.79. The maximum Gasteiger partial charge on any atom is 0.328 e. The lowest BCUT2D eigenvalue weighted by Gasteiger charge is -2.21. The molecular weight excluding hydrogens is 336 g/mol. The van der Waals surface area contributed by atoms with E-state index in [4.69, 9.17) is 9.84 Å². The van der Waals surface area contributed by atoms with Gasteiger partial charge in [-0.2, -0.15) is 0 Å². The monoisotopic (exact) mass is 364 g/mol. The first kappa shape index (κ1) is 21.6. The molecule has 1 rings (SSSR count). The number of rotatable bonds is 12. The summed E-state index contributed by atoms with van der Waals surface area (Å²) < 4.78 is 4.77. The van der Waals surface area contributed by atoms with Crippen LogP contribution in [0.25, 0.3) is 0 Å². The molecule has 7 nitrogen and oxygen atoms in total. The van der Waals surface area contributed by atoms with E-state index in [1.807, 2.05) is 30.3 Å². The zero-order valence-electron chi connectivity index (χ0n) is 15.4. The van der Waals surface area contributed by atoms with Crippen molar-refractivity contribution < 1.29 is 24.2 Å². The van der Waals surface area contributed by atoms with Crippen LogP contribution in [0.1, 0.15) is 38.2 Å². The summed E-state index contributed by atoms with van der Waals surface area (Å²) >= 11 is 0. The van der Waals surface area contributed by atoms with Crippen LogP contribution >= 0.6 is 0 Å². The lowest BCUT2D eigenvalue weighted by molar-refractivity contribution is -0.145. The van der Waals surface area contributed by atoms with Crippen molar-refractivity contribution in [3.63, 3.8) is 0 Å². The molecule has 3 N–H and O–H groups in total. The Morgan fingerprint density at radius 1 is 1.12 bits per heavy atom. The summed E-state index contributed by atoms with van der Waals surface area (Å²) in [7, 11) is 1.25. The number of ether oxygens (including phenoxy) is 1. The zero-order chi connectivity index (χ0) is 19.4. The predicted octanol–water partition coefficient (Wildman–Crippen LogP) is 1.51. The van der Waals surface area contributed by atoms with Gasteiger partial charge in [-0.1, -0.05) is 50.1 Å². The Morgan fingerprint density at radius 2 is 1.81 bits per heavy atom. The van der Waals surface area contributed by atoms with Crippen molar-refractivity contribution in [3.8, 4) is 0 Å². The zero-order valence-corrected chi connectivity index (χ0v) is 15.4. The number of benzene rings is 1. The van der Waals surface area contributed by atoms with E-state index in [-0.39, 0.29) is 12.8 Å². The van der Waals surface area contributed by atoms with Crippen molar-refractivity contribution >= 4 is 17.8 Å². The van der Waals surface area contributed by atoms with Crippen LogP contribution in [-0.2, 0) is 25.5 Å². The van der Waals surface area contributed by atoms with Crippen LogP contribution in [0.2, 0.25) is 0 Å². The van der Waals surface area contributed by atoms with Crippen molar-refractivity contribution in [1.29, 1.82) is 0 Å². The largest absolute Gasteiger partial charge is 0.481 e.